The maximum atomic E-state index is 12.5. The van der Waals surface area contributed by atoms with Gasteiger partial charge >= 0.3 is 0 Å². The van der Waals surface area contributed by atoms with Gasteiger partial charge in [0.1, 0.15) is 0 Å². The summed E-state index contributed by atoms with van der Waals surface area (Å²) in [6.45, 7) is 9.61. The molecule has 1 atom stereocenters. The molecule has 1 aromatic carbocycles. The van der Waals surface area contributed by atoms with Gasteiger partial charge in [-0.3, -0.25) is 4.79 Å². The number of nitrogens with two attached hydrogens (primary N) is 1. The predicted molar refractivity (Wildman–Crippen MR) is 81.2 cm³/mol. The van der Waals surface area contributed by atoms with Gasteiger partial charge in [-0.25, -0.2) is 0 Å². The summed E-state index contributed by atoms with van der Waals surface area (Å²) in [5, 5.41) is 3.02. The molecule has 1 amide bonds. The summed E-state index contributed by atoms with van der Waals surface area (Å²) in [7, 11) is 0. The van der Waals surface area contributed by atoms with Crippen LogP contribution in [0.3, 0.4) is 0 Å². The molecule has 1 aliphatic rings. The first kappa shape index (κ1) is 15.6. The highest BCUT2D eigenvalue weighted by Crippen LogP contribution is 2.35. The van der Waals surface area contributed by atoms with E-state index in [0.29, 0.717) is 5.75 Å². The number of nitrogens with one attached hydrogen (secondary N) is 1. The van der Waals surface area contributed by atoms with Crippen molar-refractivity contribution < 1.29 is 14.3 Å². The molecule has 1 unspecified atom stereocenters. The number of amides is 1. The zero-order valence-electron chi connectivity index (χ0n) is 13.3. The SMILES string of the molecule is CC(NC(=O)C(C)(C)C(C)(C)N)c1ccc2c(c1)OCO2. The van der Waals surface area contributed by atoms with Crippen LogP contribution in [0.4, 0.5) is 0 Å². The fraction of sp³-hybridized carbons (Fsp3) is 0.562. The molecule has 3 N–H and O–H groups in total. The van der Waals surface area contributed by atoms with E-state index < -0.39 is 11.0 Å². The second kappa shape index (κ2) is 5.22. The van der Waals surface area contributed by atoms with Crippen molar-refractivity contribution in [2.24, 2.45) is 11.1 Å². The second-order valence-corrected chi connectivity index (χ2v) is 6.65. The summed E-state index contributed by atoms with van der Waals surface area (Å²) in [5.41, 5.74) is 5.80. The van der Waals surface area contributed by atoms with Gasteiger partial charge in [0, 0.05) is 5.54 Å². The molecule has 1 heterocycles. The molecule has 1 aromatic rings. The third kappa shape index (κ3) is 2.97. The van der Waals surface area contributed by atoms with E-state index in [1.807, 2.05) is 52.8 Å². The monoisotopic (exact) mass is 292 g/mol. The van der Waals surface area contributed by atoms with Gasteiger partial charge in [0.05, 0.1) is 11.5 Å². The second-order valence-electron chi connectivity index (χ2n) is 6.65. The Balaban J connectivity index is 2.11. The molecule has 5 nitrogen and oxygen atoms in total. The van der Waals surface area contributed by atoms with Crippen molar-refractivity contribution in [1.82, 2.24) is 5.32 Å². The molecule has 116 valence electrons. The molecule has 0 bridgehead atoms. The van der Waals surface area contributed by atoms with Crippen molar-refractivity contribution in [3.05, 3.63) is 23.8 Å². The van der Waals surface area contributed by atoms with Crippen LogP contribution in [0.15, 0.2) is 18.2 Å². The Morgan fingerprint density at radius 1 is 1.24 bits per heavy atom. The Hall–Kier alpha value is -1.75. The Bertz CT molecular complexity index is 547. The summed E-state index contributed by atoms with van der Waals surface area (Å²) in [6.07, 6.45) is 0. The number of rotatable bonds is 4. The van der Waals surface area contributed by atoms with E-state index in [0.717, 1.165) is 11.3 Å². The largest absolute Gasteiger partial charge is 0.454 e. The number of carbonyl (C=O) groups excluding carboxylic acids is 1. The lowest BCUT2D eigenvalue weighted by atomic mass is 9.74. The number of fused-ring (bicyclic) bond motifs is 1. The quantitative estimate of drug-likeness (QED) is 0.893. The maximum Gasteiger partial charge on any atom is 0.231 e. The highest BCUT2D eigenvalue weighted by molar-refractivity contribution is 5.83. The van der Waals surface area contributed by atoms with Gasteiger partial charge in [0.2, 0.25) is 12.7 Å². The summed E-state index contributed by atoms with van der Waals surface area (Å²) in [5.74, 6) is 1.38. The lowest BCUT2D eigenvalue weighted by molar-refractivity contribution is -0.132. The van der Waals surface area contributed by atoms with E-state index in [-0.39, 0.29) is 18.7 Å². The van der Waals surface area contributed by atoms with E-state index in [2.05, 4.69) is 5.32 Å². The molecule has 2 rings (SSSR count). The maximum absolute atomic E-state index is 12.5. The van der Waals surface area contributed by atoms with E-state index in [1.54, 1.807) is 0 Å². The minimum atomic E-state index is -0.669. The first-order chi connectivity index (χ1) is 9.63. The van der Waals surface area contributed by atoms with Crippen molar-refractivity contribution in [1.29, 1.82) is 0 Å². The van der Waals surface area contributed by atoms with Crippen LogP contribution in [-0.4, -0.2) is 18.2 Å². The van der Waals surface area contributed by atoms with Crippen molar-refractivity contribution in [2.45, 2.75) is 46.2 Å². The smallest absolute Gasteiger partial charge is 0.231 e. The Kier molecular flexibility index (Phi) is 3.89. The molecular formula is C16H24N2O3. The molecule has 0 radical (unpaired) electrons. The lowest BCUT2D eigenvalue weighted by Crippen LogP contribution is -2.55. The highest BCUT2D eigenvalue weighted by Gasteiger charge is 2.40. The van der Waals surface area contributed by atoms with E-state index in [9.17, 15) is 4.79 Å². The van der Waals surface area contributed by atoms with Crippen LogP contribution in [0.1, 0.15) is 46.2 Å². The summed E-state index contributed by atoms with van der Waals surface area (Å²) in [6, 6.07) is 5.55. The van der Waals surface area contributed by atoms with Crippen LogP contribution in [0.25, 0.3) is 0 Å². The molecule has 0 aromatic heterocycles. The van der Waals surface area contributed by atoms with Gasteiger partial charge < -0.3 is 20.5 Å². The van der Waals surface area contributed by atoms with Crippen molar-refractivity contribution in [3.63, 3.8) is 0 Å². The lowest BCUT2D eigenvalue weighted by Gasteiger charge is -2.37. The van der Waals surface area contributed by atoms with Gasteiger partial charge in [0.15, 0.2) is 11.5 Å². The zero-order chi connectivity index (χ0) is 15.8. The molecule has 21 heavy (non-hydrogen) atoms. The Morgan fingerprint density at radius 2 is 1.86 bits per heavy atom. The van der Waals surface area contributed by atoms with E-state index >= 15 is 0 Å². The van der Waals surface area contributed by atoms with Gasteiger partial charge in [-0.1, -0.05) is 6.07 Å². The number of hydrogen-bond acceptors (Lipinski definition) is 4. The minimum Gasteiger partial charge on any atom is -0.454 e. The van der Waals surface area contributed by atoms with Crippen LogP contribution in [0.2, 0.25) is 0 Å². The van der Waals surface area contributed by atoms with Crippen LogP contribution in [0, 0.1) is 5.41 Å². The average Bonchev–Trinajstić information content (AvgIpc) is 2.84. The van der Waals surface area contributed by atoms with Crippen LogP contribution in [-0.2, 0) is 4.79 Å². The molecule has 5 heteroatoms. The summed E-state index contributed by atoms with van der Waals surface area (Å²) >= 11 is 0. The zero-order valence-corrected chi connectivity index (χ0v) is 13.3. The molecule has 0 aliphatic carbocycles. The minimum absolute atomic E-state index is 0.0693. The number of hydrogen-bond donors (Lipinski definition) is 2. The standard InChI is InChI=1S/C16H24N2O3/c1-10(18-14(19)15(2,3)16(4,5)17)11-6-7-12-13(8-11)21-9-20-12/h6-8,10H,9,17H2,1-5H3,(H,18,19). The molecule has 0 spiro atoms. The first-order valence-electron chi connectivity index (χ1n) is 7.12. The predicted octanol–water partition coefficient (Wildman–Crippen LogP) is 2.36. The van der Waals surface area contributed by atoms with Crippen LogP contribution >= 0.6 is 0 Å². The molecule has 1 aliphatic heterocycles. The van der Waals surface area contributed by atoms with Gasteiger partial charge in [-0.05, 0) is 52.3 Å². The number of carbonyl (C=O) groups is 1. The van der Waals surface area contributed by atoms with Crippen molar-refractivity contribution in [3.8, 4) is 11.5 Å². The van der Waals surface area contributed by atoms with Crippen molar-refractivity contribution in [2.75, 3.05) is 6.79 Å². The topological polar surface area (TPSA) is 73.6 Å². The van der Waals surface area contributed by atoms with Gasteiger partial charge in [-0.2, -0.15) is 0 Å². The van der Waals surface area contributed by atoms with E-state index in [1.165, 1.54) is 0 Å². The van der Waals surface area contributed by atoms with Crippen molar-refractivity contribution >= 4 is 5.91 Å². The molecule has 0 fully saturated rings. The third-order valence-corrected chi connectivity index (χ3v) is 4.42. The highest BCUT2D eigenvalue weighted by atomic mass is 16.7. The summed E-state index contributed by atoms with van der Waals surface area (Å²) in [4.78, 5) is 12.5. The Morgan fingerprint density at radius 3 is 2.48 bits per heavy atom. The van der Waals surface area contributed by atoms with Crippen LogP contribution < -0.4 is 20.5 Å². The molecule has 0 saturated heterocycles. The number of benzene rings is 1. The average molecular weight is 292 g/mol. The first-order valence-corrected chi connectivity index (χ1v) is 7.12. The third-order valence-electron chi connectivity index (χ3n) is 4.42. The fourth-order valence-electron chi connectivity index (χ4n) is 1.94. The fourth-order valence-corrected chi connectivity index (χ4v) is 1.94. The molecular weight excluding hydrogens is 268 g/mol. The normalized spacial score (nSPS) is 15.7. The van der Waals surface area contributed by atoms with Gasteiger partial charge in [0.25, 0.3) is 0 Å². The molecule has 0 saturated carbocycles. The Labute approximate surface area is 125 Å². The summed E-state index contributed by atoms with van der Waals surface area (Å²) < 4.78 is 10.6. The van der Waals surface area contributed by atoms with Crippen LogP contribution in [0.5, 0.6) is 11.5 Å². The number of ether oxygens (including phenoxy) is 2. The van der Waals surface area contributed by atoms with E-state index in [4.69, 9.17) is 15.2 Å². The van der Waals surface area contributed by atoms with Gasteiger partial charge in [-0.15, -0.1) is 0 Å².